The van der Waals surface area contributed by atoms with Gasteiger partial charge in [-0.3, -0.25) is 0 Å². The van der Waals surface area contributed by atoms with Gasteiger partial charge in [-0.05, 0) is 35.0 Å². The lowest BCUT2D eigenvalue weighted by molar-refractivity contribution is 0.669. The molecule has 3 aromatic carbocycles. The van der Waals surface area contributed by atoms with Crippen molar-refractivity contribution in [2.24, 2.45) is 0 Å². The monoisotopic (exact) mass is 233 g/mol. The number of rotatable bonds is 0. The van der Waals surface area contributed by atoms with Crippen molar-refractivity contribution in [1.82, 2.24) is 0 Å². The second-order valence-electron chi connectivity index (χ2n) is 4.55. The van der Waals surface area contributed by atoms with Crippen molar-refractivity contribution >= 4 is 38.4 Å². The summed E-state index contributed by atoms with van der Waals surface area (Å²) in [5.74, 6) is 0. The average Bonchev–Trinajstić information content (AvgIpc) is 2.72. The van der Waals surface area contributed by atoms with Gasteiger partial charge in [0.15, 0.2) is 0 Å². The molecule has 0 aliphatic carbocycles. The zero-order chi connectivity index (χ0) is 12.1. The molecule has 4 rings (SSSR count). The highest BCUT2D eigenvalue weighted by atomic mass is 16.3. The molecule has 0 atom stereocenters. The van der Waals surface area contributed by atoms with E-state index in [1.807, 2.05) is 24.3 Å². The van der Waals surface area contributed by atoms with E-state index in [-0.39, 0.29) is 0 Å². The first-order valence-corrected chi connectivity index (χ1v) is 5.92. The summed E-state index contributed by atoms with van der Waals surface area (Å²) in [6.07, 6.45) is 0. The fourth-order valence-electron chi connectivity index (χ4n) is 2.48. The SMILES string of the molecule is Nc1ccc2c(c1)oc1cc3ccccc3cc12. The van der Waals surface area contributed by atoms with Gasteiger partial charge in [0.05, 0.1) is 0 Å². The van der Waals surface area contributed by atoms with E-state index in [0.29, 0.717) is 0 Å². The van der Waals surface area contributed by atoms with Gasteiger partial charge in [0.1, 0.15) is 11.2 Å². The molecule has 0 fully saturated rings. The zero-order valence-corrected chi connectivity index (χ0v) is 9.68. The lowest BCUT2D eigenvalue weighted by Crippen LogP contribution is -1.81. The van der Waals surface area contributed by atoms with Crippen LogP contribution in [0.4, 0.5) is 5.69 Å². The fourth-order valence-corrected chi connectivity index (χ4v) is 2.48. The summed E-state index contributed by atoms with van der Waals surface area (Å²) in [7, 11) is 0. The van der Waals surface area contributed by atoms with Crippen molar-refractivity contribution in [1.29, 1.82) is 0 Å². The van der Waals surface area contributed by atoms with Crippen LogP contribution >= 0.6 is 0 Å². The molecule has 1 aromatic heterocycles. The Morgan fingerprint density at radius 2 is 1.44 bits per heavy atom. The third-order valence-electron chi connectivity index (χ3n) is 3.36. The van der Waals surface area contributed by atoms with Gasteiger partial charge in [0.25, 0.3) is 0 Å². The second kappa shape index (κ2) is 3.26. The van der Waals surface area contributed by atoms with Crippen LogP contribution in [0.3, 0.4) is 0 Å². The summed E-state index contributed by atoms with van der Waals surface area (Å²) >= 11 is 0. The molecule has 0 spiro atoms. The van der Waals surface area contributed by atoms with Gasteiger partial charge in [-0.2, -0.15) is 0 Å². The molecule has 0 bridgehead atoms. The number of hydrogen-bond acceptors (Lipinski definition) is 2. The number of fused-ring (bicyclic) bond motifs is 4. The molecular weight excluding hydrogens is 222 g/mol. The van der Waals surface area contributed by atoms with Crippen LogP contribution in [0.5, 0.6) is 0 Å². The average molecular weight is 233 g/mol. The summed E-state index contributed by atoms with van der Waals surface area (Å²) in [6, 6.07) is 18.4. The van der Waals surface area contributed by atoms with E-state index in [0.717, 1.165) is 27.6 Å². The van der Waals surface area contributed by atoms with E-state index < -0.39 is 0 Å². The normalized spacial score (nSPS) is 11.6. The molecule has 2 N–H and O–H groups in total. The Bertz CT molecular complexity index is 889. The molecule has 2 heteroatoms. The predicted molar refractivity (Wildman–Crippen MR) is 75.6 cm³/mol. The van der Waals surface area contributed by atoms with Crippen LogP contribution in [0.1, 0.15) is 0 Å². The van der Waals surface area contributed by atoms with Crippen LogP contribution in [0, 0.1) is 0 Å². The molecule has 0 saturated heterocycles. The third-order valence-corrected chi connectivity index (χ3v) is 3.36. The number of hydrogen-bond donors (Lipinski definition) is 1. The first-order chi connectivity index (χ1) is 8.81. The molecule has 0 radical (unpaired) electrons. The van der Waals surface area contributed by atoms with E-state index in [9.17, 15) is 0 Å². The molecule has 0 saturated carbocycles. The van der Waals surface area contributed by atoms with Gasteiger partial charge in [0, 0.05) is 22.5 Å². The van der Waals surface area contributed by atoms with Gasteiger partial charge < -0.3 is 10.2 Å². The summed E-state index contributed by atoms with van der Waals surface area (Å²) < 4.78 is 5.86. The van der Waals surface area contributed by atoms with Crippen LogP contribution in [-0.2, 0) is 0 Å². The van der Waals surface area contributed by atoms with Gasteiger partial charge in [-0.25, -0.2) is 0 Å². The molecule has 18 heavy (non-hydrogen) atoms. The third kappa shape index (κ3) is 1.23. The van der Waals surface area contributed by atoms with Crippen LogP contribution in [-0.4, -0.2) is 0 Å². The van der Waals surface area contributed by atoms with E-state index in [1.165, 1.54) is 10.8 Å². The van der Waals surface area contributed by atoms with E-state index >= 15 is 0 Å². The number of nitrogens with two attached hydrogens (primary N) is 1. The zero-order valence-electron chi connectivity index (χ0n) is 9.68. The Hall–Kier alpha value is -2.48. The maximum absolute atomic E-state index is 5.86. The Labute approximate surface area is 104 Å². The lowest BCUT2D eigenvalue weighted by atomic mass is 10.1. The molecule has 0 unspecified atom stereocenters. The summed E-state index contributed by atoms with van der Waals surface area (Å²) in [5, 5.41) is 4.68. The molecule has 1 heterocycles. The minimum absolute atomic E-state index is 0.728. The van der Waals surface area contributed by atoms with E-state index in [1.54, 1.807) is 0 Å². The number of benzene rings is 3. The number of furan rings is 1. The van der Waals surface area contributed by atoms with Gasteiger partial charge in [-0.15, -0.1) is 0 Å². The quantitative estimate of drug-likeness (QED) is 0.459. The first-order valence-electron chi connectivity index (χ1n) is 5.92. The highest BCUT2D eigenvalue weighted by Gasteiger charge is 2.08. The molecule has 4 aromatic rings. The number of nitrogen functional groups attached to an aromatic ring is 1. The van der Waals surface area contributed by atoms with Crippen LogP contribution in [0.2, 0.25) is 0 Å². The Kier molecular flexibility index (Phi) is 1.73. The molecule has 2 nitrogen and oxygen atoms in total. The summed E-state index contributed by atoms with van der Waals surface area (Å²) in [6.45, 7) is 0. The van der Waals surface area contributed by atoms with Gasteiger partial charge in [0.2, 0.25) is 0 Å². The van der Waals surface area contributed by atoms with Crippen molar-refractivity contribution in [3.63, 3.8) is 0 Å². The van der Waals surface area contributed by atoms with Crippen LogP contribution < -0.4 is 5.73 Å². The van der Waals surface area contributed by atoms with Crippen molar-refractivity contribution in [3.8, 4) is 0 Å². The summed E-state index contributed by atoms with van der Waals surface area (Å²) in [4.78, 5) is 0. The van der Waals surface area contributed by atoms with Crippen molar-refractivity contribution in [3.05, 3.63) is 54.6 Å². The van der Waals surface area contributed by atoms with E-state index in [4.69, 9.17) is 10.2 Å². The highest BCUT2D eigenvalue weighted by molar-refractivity contribution is 6.10. The topological polar surface area (TPSA) is 39.2 Å². The van der Waals surface area contributed by atoms with Crippen molar-refractivity contribution in [2.45, 2.75) is 0 Å². The molecular formula is C16H11NO. The van der Waals surface area contributed by atoms with Crippen molar-refractivity contribution < 1.29 is 4.42 Å². The Balaban J connectivity index is 2.23. The molecule has 0 aliphatic rings. The van der Waals surface area contributed by atoms with Gasteiger partial charge in [-0.1, -0.05) is 24.3 Å². The smallest absolute Gasteiger partial charge is 0.137 e. The highest BCUT2D eigenvalue weighted by Crippen LogP contribution is 2.32. The fraction of sp³-hybridized carbons (Fsp3) is 0. The maximum atomic E-state index is 5.86. The van der Waals surface area contributed by atoms with Crippen molar-refractivity contribution in [2.75, 3.05) is 5.73 Å². The standard InChI is InChI=1S/C16H11NO/c17-12-5-6-13-14-7-10-3-1-2-4-11(10)8-15(14)18-16(13)9-12/h1-9H,17H2. The Morgan fingerprint density at radius 1 is 0.722 bits per heavy atom. The molecule has 86 valence electrons. The summed E-state index contributed by atoms with van der Waals surface area (Å²) in [5.41, 5.74) is 8.27. The lowest BCUT2D eigenvalue weighted by Gasteiger charge is -1.96. The second-order valence-corrected chi connectivity index (χ2v) is 4.55. The predicted octanol–water partition coefficient (Wildman–Crippen LogP) is 4.32. The number of anilines is 1. The molecule has 0 aliphatic heterocycles. The minimum Gasteiger partial charge on any atom is -0.456 e. The molecule has 0 amide bonds. The van der Waals surface area contributed by atoms with Gasteiger partial charge >= 0.3 is 0 Å². The Morgan fingerprint density at radius 3 is 2.28 bits per heavy atom. The van der Waals surface area contributed by atoms with Crippen LogP contribution in [0.15, 0.2) is 59.0 Å². The van der Waals surface area contributed by atoms with E-state index in [2.05, 4.69) is 30.3 Å². The largest absolute Gasteiger partial charge is 0.456 e. The maximum Gasteiger partial charge on any atom is 0.137 e. The first kappa shape index (κ1) is 9.54. The van der Waals surface area contributed by atoms with Crippen LogP contribution in [0.25, 0.3) is 32.7 Å². The minimum atomic E-state index is 0.728.